The number of hydrogen-bond acceptors (Lipinski definition) is 7. The number of benzene rings is 1. The molecule has 0 aliphatic carbocycles. The smallest absolute Gasteiger partial charge is 0.338 e. The van der Waals surface area contributed by atoms with Crippen molar-refractivity contribution in [2.24, 2.45) is 5.92 Å². The van der Waals surface area contributed by atoms with Crippen molar-refractivity contribution in [3.63, 3.8) is 0 Å². The molecule has 1 atom stereocenters. The fourth-order valence-corrected chi connectivity index (χ4v) is 2.51. The van der Waals surface area contributed by atoms with Gasteiger partial charge in [-0.1, -0.05) is 26.7 Å². The predicted molar refractivity (Wildman–Crippen MR) is 101 cm³/mol. The Morgan fingerprint density at radius 1 is 1.07 bits per heavy atom. The lowest BCUT2D eigenvalue weighted by atomic mass is 10.0. The topological polar surface area (TPSA) is 125 Å². The molecule has 1 aromatic rings. The van der Waals surface area contributed by atoms with Crippen LogP contribution in [0.1, 0.15) is 60.7 Å². The molecule has 9 nitrogen and oxygen atoms in total. The molecular weight excluding hydrogens is 368 g/mol. The Balaban J connectivity index is 2.67. The molecule has 0 saturated carbocycles. The first-order valence-corrected chi connectivity index (χ1v) is 8.98. The maximum absolute atomic E-state index is 12.1. The summed E-state index contributed by atoms with van der Waals surface area (Å²) in [5.41, 5.74) is -0.836. The van der Waals surface area contributed by atoms with Crippen molar-refractivity contribution < 1.29 is 28.8 Å². The van der Waals surface area contributed by atoms with Gasteiger partial charge in [-0.25, -0.2) is 9.59 Å². The summed E-state index contributed by atoms with van der Waals surface area (Å²) >= 11 is 0. The van der Waals surface area contributed by atoms with E-state index in [-0.39, 0.29) is 17.2 Å². The van der Waals surface area contributed by atoms with Crippen molar-refractivity contribution in [1.82, 2.24) is 5.32 Å². The lowest BCUT2D eigenvalue weighted by molar-refractivity contribution is -0.384. The van der Waals surface area contributed by atoms with Crippen LogP contribution in [0.5, 0.6) is 0 Å². The first-order valence-electron chi connectivity index (χ1n) is 8.98. The van der Waals surface area contributed by atoms with Crippen molar-refractivity contribution >= 4 is 23.5 Å². The molecule has 0 spiro atoms. The molecule has 0 fully saturated rings. The number of esters is 2. The number of amides is 1. The Kier molecular flexibility index (Phi) is 9.07. The molecule has 28 heavy (non-hydrogen) atoms. The quantitative estimate of drug-likeness (QED) is 0.367. The molecule has 1 aromatic carbocycles. The monoisotopic (exact) mass is 394 g/mol. The van der Waals surface area contributed by atoms with E-state index in [2.05, 4.69) is 23.9 Å². The largest absolute Gasteiger partial charge is 0.465 e. The predicted octanol–water partition coefficient (Wildman–Crippen LogP) is 2.87. The molecule has 0 radical (unpaired) electrons. The highest BCUT2D eigenvalue weighted by Crippen LogP contribution is 2.19. The van der Waals surface area contributed by atoms with Gasteiger partial charge in [0.1, 0.15) is 0 Å². The molecule has 1 N–H and O–H groups in total. The Morgan fingerprint density at radius 3 is 2.21 bits per heavy atom. The normalized spacial score (nSPS) is 11.6. The summed E-state index contributed by atoms with van der Waals surface area (Å²) in [5, 5.41) is 13.7. The minimum Gasteiger partial charge on any atom is -0.465 e. The zero-order valence-electron chi connectivity index (χ0n) is 16.5. The highest BCUT2D eigenvalue weighted by Gasteiger charge is 2.20. The van der Waals surface area contributed by atoms with Gasteiger partial charge in [0, 0.05) is 18.2 Å². The maximum Gasteiger partial charge on any atom is 0.338 e. The number of non-ortho nitro benzene ring substituents is 1. The van der Waals surface area contributed by atoms with Gasteiger partial charge in [0.2, 0.25) is 0 Å². The Bertz CT molecular complexity index is 731. The SMILES string of the molecule is COC(=O)c1cc(C(=O)OCC(=O)N[C@H](C)CCCC(C)C)cc([N+](=O)[O-])c1. The number of carbonyl (C=O) groups is 3. The van der Waals surface area contributed by atoms with E-state index in [4.69, 9.17) is 4.74 Å². The number of hydrogen-bond donors (Lipinski definition) is 1. The number of nitro benzene ring substituents is 1. The second kappa shape index (κ2) is 11.0. The molecule has 1 rings (SSSR count). The molecule has 0 unspecified atom stereocenters. The number of carbonyl (C=O) groups excluding carboxylic acids is 3. The van der Waals surface area contributed by atoms with Gasteiger partial charge in [0.15, 0.2) is 6.61 Å². The second-order valence-electron chi connectivity index (χ2n) is 6.89. The lowest BCUT2D eigenvalue weighted by Crippen LogP contribution is -2.35. The van der Waals surface area contributed by atoms with Crippen LogP contribution >= 0.6 is 0 Å². The first kappa shape index (κ1) is 23.1. The van der Waals surface area contributed by atoms with Gasteiger partial charge in [-0.05, 0) is 25.3 Å². The van der Waals surface area contributed by atoms with Gasteiger partial charge in [0.05, 0.1) is 23.2 Å². The molecule has 0 aliphatic rings. The van der Waals surface area contributed by atoms with Gasteiger partial charge in [-0.15, -0.1) is 0 Å². The summed E-state index contributed by atoms with van der Waals surface area (Å²) in [5.74, 6) is -1.65. The lowest BCUT2D eigenvalue weighted by Gasteiger charge is -2.14. The highest BCUT2D eigenvalue weighted by molar-refractivity contribution is 5.97. The van der Waals surface area contributed by atoms with Crippen LogP contribution in [0.15, 0.2) is 18.2 Å². The van der Waals surface area contributed by atoms with Crippen LogP contribution in [-0.2, 0) is 14.3 Å². The van der Waals surface area contributed by atoms with Crippen LogP contribution in [-0.4, -0.2) is 42.5 Å². The molecular formula is C19H26N2O7. The summed E-state index contributed by atoms with van der Waals surface area (Å²) in [7, 11) is 1.12. The van der Waals surface area contributed by atoms with Crippen molar-refractivity contribution in [1.29, 1.82) is 0 Å². The minimum atomic E-state index is -0.948. The van der Waals surface area contributed by atoms with Crippen LogP contribution in [0.2, 0.25) is 0 Å². The third-order valence-electron chi connectivity index (χ3n) is 3.95. The Hall–Kier alpha value is -2.97. The van der Waals surface area contributed by atoms with Gasteiger partial charge < -0.3 is 14.8 Å². The van der Waals surface area contributed by atoms with E-state index in [9.17, 15) is 24.5 Å². The van der Waals surface area contributed by atoms with Crippen LogP contribution in [0.25, 0.3) is 0 Å². The minimum absolute atomic E-state index is 0.0614. The van der Waals surface area contributed by atoms with Crippen molar-refractivity contribution in [3.8, 4) is 0 Å². The van der Waals surface area contributed by atoms with Crippen LogP contribution in [0.3, 0.4) is 0 Å². The van der Waals surface area contributed by atoms with E-state index >= 15 is 0 Å². The van der Waals surface area contributed by atoms with E-state index in [0.29, 0.717) is 5.92 Å². The van der Waals surface area contributed by atoms with Gasteiger partial charge >= 0.3 is 11.9 Å². The summed E-state index contributed by atoms with van der Waals surface area (Å²) < 4.78 is 9.43. The number of nitro groups is 1. The molecule has 0 heterocycles. The molecule has 0 saturated heterocycles. The summed E-state index contributed by atoms with van der Waals surface area (Å²) in [4.78, 5) is 45.9. The fourth-order valence-electron chi connectivity index (χ4n) is 2.51. The standard InChI is InChI=1S/C19H26N2O7/c1-12(2)6-5-7-13(3)20-17(22)11-28-19(24)15-8-14(18(23)27-4)9-16(10-15)21(25)26/h8-10,12-13H,5-7,11H2,1-4H3,(H,20,22)/t13-/m1/s1. The van der Waals surface area contributed by atoms with Gasteiger partial charge in [0.25, 0.3) is 11.6 Å². The molecule has 0 bridgehead atoms. The third kappa shape index (κ3) is 7.73. The summed E-state index contributed by atoms with van der Waals surface area (Å²) in [6, 6.07) is 3.02. The number of ether oxygens (including phenoxy) is 2. The molecule has 9 heteroatoms. The third-order valence-corrected chi connectivity index (χ3v) is 3.95. The number of nitrogens with one attached hydrogen (secondary N) is 1. The molecule has 1 amide bonds. The van der Waals surface area contributed by atoms with E-state index in [1.165, 1.54) is 0 Å². The highest BCUT2D eigenvalue weighted by atomic mass is 16.6. The first-order chi connectivity index (χ1) is 13.1. The van der Waals surface area contributed by atoms with Crippen molar-refractivity contribution in [3.05, 3.63) is 39.4 Å². The fraction of sp³-hybridized carbons (Fsp3) is 0.526. The summed E-state index contributed by atoms with van der Waals surface area (Å²) in [6.45, 7) is 5.59. The second-order valence-corrected chi connectivity index (χ2v) is 6.89. The number of methoxy groups -OCH3 is 1. The Morgan fingerprint density at radius 2 is 1.68 bits per heavy atom. The zero-order valence-corrected chi connectivity index (χ0v) is 16.5. The van der Waals surface area contributed by atoms with Crippen LogP contribution in [0, 0.1) is 16.0 Å². The van der Waals surface area contributed by atoms with Crippen molar-refractivity contribution in [2.45, 2.75) is 46.1 Å². The molecule has 0 aromatic heterocycles. The molecule has 0 aliphatic heterocycles. The number of nitrogens with zero attached hydrogens (tertiary/aromatic N) is 1. The van der Waals surface area contributed by atoms with E-state index in [1.807, 2.05) is 6.92 Å². The van der Waals surface area contributed by atoms with E-state index in [1.54, 1.807) is 0 Å². The average Bonchev–Trinajstić information content (AvgIpc) is 2.64. The molecule has 154 valence electrons. The summed E-state index contributed by atoms with van der Waals surface area (Å²) in [6.07, 6.45) is 2.85. The maximum atomic E-state index is 12.1. The van der Waals surface area contributed by atoms with Crippen molar-refractivity contribution in [2.75, 3.05) is 13.7 Å². The van der Waals surface area contributed by atoms with Crippen LogP contribution in [0.4, 0.5) is 5.69 Å². The average molecular weight is 394 g/mol. The zero-order chi connectivity index (χ0) is 21.3. The van der Waals surface area contributed by atoms with E-state index < -0.39 is 35.1 Å². The van der Waals surface area contributed by atoms with E-state index in [0.717, 1.165) is 44.6 Å². The van der Waals surface area contributed by atoms with Gasteiger partial charge in [-0.3, -0.25) is 14.9 Å². The Labute approximate surface area is 163 Å². The number of rotatable bonds is 10. The van der Waals surface area contributed by atoms with Gasteiger partial charge in [-0.2, -0.15) is 0 Å². The van der Waals surface area contributed by atoms with Crippen LogP contribution < -0.4 is 5.32 Å².